The molecular formula is C23H28F2N4O5. The summed E-state index contributed by atoms with van der Waals surface area (Å²) in [6.07, 6.45) is -0.584. The molecule has 184 valence electrons. The second-order valence-corrected chi connectivity index (χ2v) is 8.81. The van der Waals surface area contributed by atoms with Crippen LogP contribution in [0.1, 0.15) is 24.8 Å². The number of carbonyl (C=O) groups excluding carboxylic acids is 1. The van der Waals surface area contributed by atoms with Crippen molar-refractivity contribution in [3.63, 3.8) is 0 Å². The first-order valence-corrected chi connectivity index (χ1v) is 11.2. The van der Waals surface area contributed by atoms with Gasteiger partial charge in [-0.05, 0) is 43.5 Å². The number of hydrogen-bond donors (Lipinski definition) is 4. The zero-order valence-corrected chi connectivity index (χ0v) is 18.7. The van der Waals surface area contributed by atoms with Crippen LogP contribution in [0.2, 0.25) is 0 Å². The van der Waals surface area contributed by atoms with Crippen LogP contribution >= 0.6 is 0 Å². The maximum absolute atomic E-state index is 14.7. The average Bonchev–Trinajstić information content (AvgIpc) is 3.66. The molecule has 4 N–H and O–H groups in total. The number of carbonyl (C=O) groups is 1. The van der Waals surface area contributed by atoms with Crippen LogP contribution in [0.4, 0.5) is 14.6 Å². The van der Waals surface area contributed by atoms with Crippen molar-refractivity contribution in [2.45, 2.75) is 50.5 Å². The lowest BCUT2D eigenvalue weighted by Gasteiger charge is -2.38. The number of halogens is 2. The highest BCUT2D eigenvalue weighted by molar-refractivity contribution is 5.81. The van der Waals surface area contributed by atoms with Crippen molar-refractivity contribution in [2.24, 2.45) is 5.92 Å². The number of amides is 1. The van der Waals surface area contributed by atoms with E-state index >= 15 is 0 Å². The van der Waals surface area contributed by atoms with Crippen LogP contribution in [0.15, 0.2) is 30.6 Å². The van der Waals surface area contributed by atoms with E-state index < -0.39 is 43.4 Å². The van der Waals surface area contributed by atoms with Crippen LogP contribution in [-0.2, 0) is 4.79 Å². The molecule has 1 saturated carbocycles. The summed E-state index contributed by atoms with van der Waals surface area (Å²) in [5.74, 6) is -3.23. The molecule has 1 aromatic heterocycles. The Morgan fingerprint density at radius 3 is 2.68 bits per heavy atom. The lowest BCUT2D eigenvalue weighted by Crippen LogP contribution is -2.57. The van der Waals surface area contributed by atoms with Gasteiger partial charge in [0.1, 0.15) is 24.1 Å². The quantitative estimate of drug-likeness (QED) is 0.421. The predicted molar refractivity (Wildman–Crippen MR) is 118 cm³/mol. The zero-order chi connectivity index (χ0) is 24.5. The molecule has 2 fully saturated rings. The number of alkyl halides is 2. The average molecular weight is 478 g/mol. The molecule has 4 rings (SSSR count). The number of hydrogen-bond acceptors (Lipinski definition) is 8. The molecule has 1 aliphatic carbocycles. The minimum atomic E-state index is -3.33. The van der Waals surface area contributed by atoms with Crippen LogP contribution in [0, 0.1) is 12.8 Å². The molecule has 1 saturated heterocycles. The summed E-state index contributed by atoms with van der Waals surface area (Å²) in [7, 11) is 0. The van der Waals surface area contributed by atoms with Crippen molar-refractivity contribution in [3.8, 4) is 17.0 Å². The van der Waals surface area contributed by atoms with Crippen LogP contribution in [0.25, 0.3) is 11.3 Å². The van der Waals surface area contributed by atoms with E-state index in [9.17, 15) is 23.8 Å². The first-order valence-electron chi connectivity index (χ1n) is 11.2. The smallest absolute Gasteiger partial charge is 0.301 e. The third kappa shape index (κ3) is 5.43. The topological polar surface area (TPSA) is 128 Å². The van der Waals surface area contributed by atoms with Gasteiger partial charge in [0.05, 0.1) is 18.8 Å². The van der Waals surface area contributed by atoms with Crippen LogP contribution < -0.4 is 10.1 Å². The number of aliphatic hydroxyl groups is 3. The third-order valence-electron chi connectivity index (χ3n) is 6.07. The van der Waals surface area contributed by atoms with Crippen molar-refractivity contribution in [1.29, 1.82) is 0 Å². The van der Waals surface area contributed by atoms with Crippen LogP contribution in [0.5, 0.6) is 5.75 Å². The fraction of sp³-hybridized carbons (Fsp3) is 0.522. The van der Waals surface area contributed by atoms with Gasteiger partial charge in [-0.3, -0.25) is 4.79 Å². The van der Waals surface area contributed by atoms with E-state index in [2.05, 4.69) is 15.3 Å². The van der Waals surface area contributed by atoms with Gasteiger partial charge in [0.15, 0.2) is 12.2 Å². The normalized spacial score (nSPS) is 21.6. The summed E-state index contributed by atoms with van der Waals surface area (Å²) in [5, 5.41) is 31.4. The summed E-state index contributed by atoms with van der Waals surface area (Å²) in [6, 6.07) is 6.79. The van der Waals surface area contributed by atoms with Gasteiger partial charge in [0.2, 0.25) is 0 Å². The number of nitrogens with one attached hydrogen (secondary N) is 1. The molecule has 1 aromatic carbocycles. The highest BCUT2D eigenvalue weighted by atomic mass is 19.3. The van der Waals surface area contributed by atoms with E-state index in [-0.39, 0.29) is 18.9 Å². The van der Waals surface area contributed by atoms with Gasteiger partial charge in [-0.25, -0.2) is 18.7 Å². The monoisotopic (exact) mass is 478 g/mol. The number of benzene rings is 1. The Hall–Kier alpha value is -2.89. The van der Waals surface area contributed by atoms with Crippen LogP contribution in [0.3, 0.4) is 0 Å². The fourth-order valence-corrected chi connectivity index (χ4v) is 3.91. The molecule has 0 bridgehead atoms. The van der Waals surface area contributed by atoms with Crippen molar-refractivity contribution in [2.75, 3.05) is 25.0 Å². The largest absolute Gasteiger partial charge is 0.484 e. The molecule has 2 aliphatic rings. The second kappa shape index (κ2) is 9.77. The number of piperidine rings is 1. The van der Waals surface area contributed by atoms with Gasteiger partial charge < -0.3 is 30.3 Å². The highest BCUT2D eigenvalue weighted by Gasteiger charge is 2.48. The Balaban J connectivity index is 1.43. The standard InChI is InChI=1S/C23H28F2N4O5/c1-13-8-15(16-9-20(27-12-26-16)28-21(32)14-2-3-14)4-5-18(13)34-19-6-7-29(11-23(19,24)25)22(33)17(31)10-30/h4-5,8-9,12,14,17,19,21,30-32H,2-3,6-7,10-11H2,1H3,(H,26,27,28)/t17-,19-,21?/m0/s1. The molecule has 0 spiro atoms. The SMILES string of the molecule is Cc1cc(-c2cc(NC(O)C3CC3)ncn2)ccc1O[C@H]1CCN(C(=O)[C@@H](O)CO)CC1(F)F. The summed E-state index contributed by atoms with van der Waals surface area (Å²) in [6.45, 7) is 0.00657. The second-order valence-electron chi connectivity index (χ2n) is 8.81. The van der Waals surface area contributed by atoms with Crippen molar-refractivity contribution in [1.82, 2.24) is 14.9 Å². The maximum Gasteiger partial charge on any atom is 0.301 e. The molecule has 1 unspecified atom stereocenters. The number of aryl methyl sites for hydroxylation is 1. The molecule has 34 heavy (non-hydrogen) atoms. The Labute approximate surface area is 195 Å². The van der Waals surface area contributed by atoms with E-state index in [0.29, 0.717) is 22.8 Å². The molecule has 9 nitrogen and oxygen atoms in total. The van der Waals surface area contributed by atoms with E-state index in [1.54, 1.807) is 31.2 Å². The Bertz CT molecular complexity index is 1040. The number of ether oxygens (including phenoxy) is 1. The van der Waals surface area contributed by atoms with Gasteiger partial charge >= 0.3 is 5.92 Å². The van der Waals surface area contributed by atoms with Gasteiger partial charge in [0, 0.05) is 30.5 Å². The van der Waals surface area contributed by atoms with E-state index in [0.717, 1.165) is 23.3 Å². The minimum Gasteiger partial charge on any atom is -0.484 e. The van der Waals surface area contributed by atoms with E-state index in [1.807, 2.05) is 0 Å². The molecular weight excluding hydrogens is 450 g/mol. The van der Waals surface area contributed by atoms with Crippen LogP contribution in [-0.4, -0.2) is 80.1 Å². The molecule has 1 aliphatic heterocycles. The van der Waals surface area contributed by atoms with E-state index in [1.165, 1.54) is 6.33 Å². The molecule has 1 amide bonds. The third-order valence-corrected chi connectivity index (χ3v) is 6.07. The van der Waals surface area contributed by atoms with Gasteiger partial charge in [-0.1, -0.05) is 0 Å². The summed E-state index contributed by atoms with van der Waals surface area (Å²) < 4.78 is 35.1. The van der Waals surface area contributed by atoms with Gasteiger partial charge in [-0.15, -0.1) is 0 Å². The molecule has 3 atom stereocenters. The first-order chi connectivity index (χ1) is 16.2. The molecule has 2 heterocycles. The first kappa shape index (κ1) is 24.2. The Morgan fingerprint density at radius 2 is 2.03 bits per heavy atom. The lowest BCUT2D eigenvalue weighted by atomic mass is 10.0. The van der Waals surface area contributed by atoms with Crippen molar-refractivity contribution >= 4 is 11.7 Å². The number of nitrogens with zero attached hydrogens (tertiary/aromatic N) is 3. The summed E-state index contributed by atoms with van der Waals surface area (Å²) in [4.78, 5) is 21.2. The minimum absolute atomic E-state index is 0.0172. The van der Waals surface area contributed by atoms with Gasteiger partial charge in [0.25, 0.3) is 5.91 Å². The predicted octanol–water partition coefficient (Wildman–Crippen LogP) is 1.56. The number of anilines is 1. The summed E-state index contributed by atoms with van der Waals surface area (Å²) in [5.41, 5.74) is 1.98. The summed E-state index contributed by atoms with van der Waals surface area (Å²) >= 11 is 0. The highest BCUT2D eigenvalue weighted by Crippen LogP contribution is 2.35. The number of likely N-dealkylation sites (tertiary alicyclic amines) is 1. The van der Waals surface area contributed by atoms with Crippen molar-refractivity contribution in [3.05, 3.63) is 36.2 Å². The lowest BCUT2D eigenvalue weighted by molar-refractivity contribution is -0.167. The maximum atomic E-state index is 14.7. The molecule has 2 aromatic rings. The fourth-order valence-electron chi connectivity index (χ4n) is 3.91. The Kier molecular flexibility index (Phi) is 6.96. The van der Waals surface area contributed by atoms with Gasteiger partial charge in [-0.2, -0.15) is 0 Å². The molecule has 11 heteroatoms. The number of aliphatic hydroxyl groups excluding tert-OH is 3. The number of rotatable bonds is 8. The van der Waals surface area contributed by atoms with E-state index in [4.69, 9.17) is 9.84 Å². The van der Waals surface area contributed by atoms with Crippen molar-refractivity contribution < 1.29 is 33.6 Å². The molecule has 0 radical (unpaired) electrons. The zero-order valence-electron chi connectivity index (χ0n) is 18.7. The number of aromatic nitrogens is 2. The Morgan fingerprint density at radius 1 is 1.26 bits per heavy atom.